The van der Waals surface area contributed by atoms with Gasteiger partial charge in [-0.05, 0) is 32.4 Å². The van der Waals surface area contributed by atoms with E-state index in [9.17, 15) is 4.79 Å². The summed E-state index contributed by atoms with van der Waals surface area (Å²) in [4.78, 5) is 11.9. The van der Waals surface area contributed by atoms with Gasteiger partial charge in [0.25, 0.3) is 0 Å². The number of unbranched alkanes of at least 4 members (excludes halogenated alkanes) is 12. The standard InChI is InChI=1S/C43H85NO13/c1-2-3-4-5-6-7-8-9-10-11-12-13-14-15-43(45)57-41-39-55-37-35-53-33-31-51-29-27-49-25-23-47-21-20-46-22-24-48-26-28-50-30-32-52-34-36-54-38-40-56-42-16-18-44-19-17-42/h42,44H,2-41H2,1H3. The lowest BCUT2D eigenvalue weighted by Gasteiger charge is -2.22. The predicted molar refractivity (Wildman–Crippen MR) is 221 cm³/mol. The number of esters is 1. The first kappa shape index (κ1) is 54.0. The van der Waals surface area contributed by atoms with Crippen LogP contribution in [0.3, 0.4) is 0 Å². The molecule has 57 heavy (non-hydrogen) atoms. The zero-order valence-electron chi connectivity index (χ0n) is 36.2. The van der Waals surface area contributed by atoms with Crippen LogP contribution in [-0.2, 0) is 61.6 Å². The van der Waals surface area contributed by atoms with Gasteiger partial charge >= 0.3 is 5.97 Å². The van der Waals surface area contributed by atoms with E-state index in [4.69, 9.17) is 56.8 Å². The molecule has 1 saturated heterocycles. The van der Waals surface area contributed by atoms with Gasteiger partial charge < -0.3 is 62.2 Å². The van der Waals surface area contributed by atoms with E-state index in [2.05, 4.69) is 12.2 Å². The molecular weight excluding hydrogens is 738 g/mol. The van der Waals surface area contributed by atoms with Crippen LogP contribution in [0.1, 0.15) is 110 Å². The minimum absolute atomic E-state index is 0.131. The normalized spacial score (nSPS) is 13.5. The summed E-state index contributed by atoms with van der Waals surface area (Å²) in [6.45, 7) is 15.4. The molecule has 340 valence electrons. The second-order valence-electron chi connectivity index (χ2n) is 14.2. The van der Waals surface area contributed by atoms with E-state index in [1.165, 1.54) is 70.6 Å². The fourth-order valence-corrected chi connectivity index (χ4v) is 5.89. The zero-order valence-corrected chi connectivity index (χ0v) is 36.2. The maximum atomic E-state index is 11.9. The highest BCUT2D eigenvalue weighted by atomic mass is 16.6. The summed E-state index contributed by atoms with van der Waals surface area (Å²) in [6.07, 6.45) is 19.9. The van der Waals surface area contributed by atoms with E-state index in [-0.39, 0.29) is 12.6 Å². The monoisotopic (exact) mass is 824 g/mol. The Bertz CT molecular complexity index is 779. The summed E-state index contributed by atoms with van der Waals surface area (Å²) in [5.74, 6) is -0.131. The Morgan fingerprint density at radius 1 is 0.386 bits per heavy atom. The first-order valence-corrected chi connectivity index (χ1v) is 22.6. The maximum Gasteiger partial charge on any atom is 0.305 e. The van der Waals surface area contributed by atoms with Gasteiger partial charge in [0.15, 0.2) is 0 Å². The summed E-state index contributed by atoms with van der Waals surface area (Å²) in [5, 5.41) is 3.33. The summed E-state index contributed by atoms with van der Waals surface area (Å²) in [7, 11) is 0. The lowest BCUT2D eigenvalue weighted by molar-refractivity contribution is -0.145. The lowest BCUT2D eigenvalue weighted by atomic mass is 10.0. The highest BCUT2D eigenvalue weighted by Gasteiger charge is 2.12. The molecule has 0 aromatic heterocycles. The van der Waals surface area contributed by atoms with E-state index in [1.807, 2.05) is 0 Å². The van der Waals surface area contributed by atoms with Crippen LogP contribution in [0.25, 0.3) is 0 Å². The van der Waals surface area contributed by atoms with Gasteiger partial charge in [-0.2, -0.15) is 0 Å². The van der Waals surface area contributed by atoms with Crippen molar-refractivity contribution in [3.8, 4) is 0 Å². The third kappa shape index (κ3) is 44.4. The fourth-order valence-electron chi connectivity index (χ4n) is 5.89. The summed E-state index contributed by atoms with van der Waals surface area (Å²) in [5.41, 5.74) is 0. The van der Waals surface area contributed by atoms with Gasteiger partial charge in [0.05, 0.1) is 145 Å². The molecule has 1 aliphatic rings. The predicted octanol–water partition coefficient (Wildman–Crippen LogP) is 5.95. The van der Waals surface area contributed by atoms with Gasteiger partial charge in [0, 0.05) is 6.42 Å². The molecule has 1 N–H and O–H groups in total. The van der Waals surface area contributed by atoms with Gasteiger partial charge in [-0.3, -0.25) is 4.79 Å². The van der Waals surface area contributed by atoms with Crippen molar-refractivity contribution in [2.45, 2.75) is 116 Å². The molecule has 0 radical (unpaired) electrons. The van der Waals surface area contributed by atoms with Crippen LogP contribution in [0.2, 0.25) is 0 Å². The Morgan fingerprint density at radius 3 is 1.00 bits per heavy atom. The number of nitrogens with one attached hydrogen (secondary N) is 1. The number of ether oxygens (including phenoxy) is 12. The molecule has 14 heteroatoms. The minimum atomic E-state index is -0.131. The molecular formula is C43H85NO13. The third-order valence-corrected chi connectivity index (χ3v) is 9.19. The Hall–Kier alpha value is -1.01. The molecule has 0 aliphatic carbocycles. The van der Waals surface area contributed by atoms with Crippen LogP contribution in [0.15, 0.2) is 0 Å². The number of hydrogen-bond donors (Lipinski definition) is 1. The van der Waals surface area contributed by atoms with Crippen LogP contribution < -0.4 is 5.32 Å². The molecule has 1 fully saturated rings. The first-order chi connectivity index (χ1) is 28.3. The number of piperidine rings is 1. The zero-order chi connectivity index (χ0) is 40.6. The average Bonchev–Trinajstić information content (AvgIpc) is 3.23. The SMILES string of the molecule is CCCCCCCCCCCCCCCC(=O)OCCOCCOCCOCCOCCOCCOCCOCCOCCOCCOCCOC1CCNCC1. The van der Waals surface area contributed by atoms with Crippen molar-refractivity contribution in [1.82, 2.24) is 5.32 Å². The summed E-state index contributed by atoms with van der Waals surface area (Å²) < 4.78 is 66.1. The topological polar surface area (TPSA) is 140 Å². The number of rotatable bonds is 48. The molecule has 0 bridgehead atoms. The van der Waals surface area contributed by atoms with E-state index in [0.29, 0.717) is 151 Å². The Morgan fingerprint density at radius 2 is 0.667 bits per heavy atom. The fraction of sp³-hybridized carbons (Fsp3) is 0.977. The average molecular weight is 824 g/mol. The highest BCUT2D eigenvalue weighted by molar-refractivity contribution is 5.69. The molecule has 1 aliphatic heterocycles. The number of carbonyl (C=O) groups excluding carboxylic acids is 1. The molecule has 1 rings (SSSR count). The molecule has 0 aromatic carbocycles. The van der Waals surface area contributed by atoms with Crippen molar-refractivity contribution in [1.29, 1.82) is 0 Å². The lowest BCUT2D eigenvalue weighted by Crippen LogP contribution is -2.33. The Balaban J connectivity index is 1.62. The summed E-state index contributed by atoms with van der Waals surface area (Å²) >= 11 is 0. The minimum Gasteiger partial charge on any atom is -0.463 e. The molecule has 0 unspecified atom stereocenters. The van der Waals surface area contributed by atoms with Crippen molar-refractivity contribution in [3.05, 3.63) is 0 Å². The van der Waals surface area contributed by atoms with Crippen LogP contribution in [0.5, 0.6) is 0 Å². The van der Waals surface area contributed by atoms with Gasteiger partial charge in [0.1, 0.15) is 6.61 Å². The number of hydrogen-bond acceptors (Lipinski definition) is 14. The summed E-state index contributed by atoms with van der Waals surface area (Å²) in [6, 6.07) is 0. The molecule has 0 saturated carbocycles. The van der Waals surface area contributed by atoms with Crippen molar-refractivity contribution in [2.75, 3.05) is 158 Å². The number of carbonyl (C=O) groups is 1. The van der Waals surface area contributed by atoms with Gasteiger partial charge in [-0.25, -0.2) is 0 Å². The largest absolute Gasteiger partial charge is 0.463 e. The van der Waals surface area contributed by atoms with Crippen molar-refractivity contribution in [2.24, 2.45) is 0 Å². The van der Waals surface area contributed by atoms with Crippen molar-refractivity contribution in [3.63, 3.8) is 0 Å². The second-order valence-corrected chi connectivity index (χ2v) is 14.2. The van der Waals surface area contributed by atoms with Crippen molar-refractivity contribution < 1.29 is 61.6 Å². The van der Waals surface area contributed by atoms with E-state index in [1.54, 1.807) is 0 Å². The van der Waals surface area contributed by atoms with Crippen LogP contribution >= 0.6 is 0 Å². The smallest absolute Gasteiger partial charge is 0.305 e. The Labute approximate surface area is 346 Å². The van der Waals surface area contributed by atoms with Crippen LogP contribution in [0, 0.1) is 0 Å². The van der Waals surface area contributed by atoms with E-state index < -0.39 is 0 Å². The molecule has 0 spiro atoms. The van der Waals surface area contributed by atoms with E-state index in [0.717, 1.165) is 38.8 Å². The first-order valence-electron chi connectivity index (χ1n) is 22.6. The third-order valence-electron chi connectivity index (χ3n) is 9.19. The second kappa shape index (κ2) is 47.7. The molecule has 0 atom stereocenters. The van der Waals surface area contributed by atoms with Crippen LogP contribution in [0.4, 0.5) is 0 Å². The quantitative estimate of drug-likeness (QED) is 0.0572. The van der Waals surface area contributed by atoms with Gasteiger partial charge in [-0.1, -0.05) is 84.0 Å². The van der Waals surface area contributed by atoms with Crippen LogP contribution in [-0.4, -0.2) is 171 Å². The molecule has 14 nitrogen and oxygen atoms in total. The molecule has 0 aromatic rings. The van der Waals surface area contributed by atoms with Gasteiger partial charge in [0.2, 0.25) is 0 Å². The molecule has 1 heterocycles. The Kier molecular flexibility index (Phi) is 45.2. The van der Waals surface area contributed by atoms with Crippen molar-refractivity contribution >= 4 is 5.97 Å². The van der Waals surface area contributed by atoms with Gasteiger partial charge in [-0.15, -0.1) is 0 Å². The maximum absolute atomic E-state index is 11.9. The van der Waals surface area contributed by atoms with E-state index >= 15 is 0 Å². The highest BCUT2D eigenvalue weighted by Crippen LogP contribution is 2.13. The molecule has 0 amide bonds.